The maximum atomic E-state index is 12.8. The summed E-state index contributed by atoms with van der Waals surface area (Å²) in [4.78, 5) is 25.7. The number of hydrogen-bond acceptors (Lipinski definition) is 3. The molecule has 0 atom stereocenters. The van der Waals surface area contributed by atoms with Gasteiger partial charge >= 0.3 is 0 Å². The van der Waals surface area contributed by atoms with Gasteiger partial charge in [-0.3, -0.25) is 9.59 Å². The molecule has 0 radical (unpaired) electrons. The molecule has 2 rings (SSSR count). The zero-order chi connectivity index (χ0) is 17.5. The van der Waals surface area contributed by atoms with E-state index in [1.807, 2.05) is 13.8 Å². The Morgan fingerprint density at radius 3 is 2.46 bits per heavy atom. The molecule has 0 aliphatic carbocycles. The highest BCUT2D eigenvalue weighted by Gasteiger charge is 2.24. The molecule has 1 aliphatic rings. The third-order valence-corrected chi connectivity index (χ3v) is 3.98. The van der Waals surface area contributed by atoms with Crippen molar-refractivity contribution in [2.45, 2.75) is 39.2 Å². The van der Waals surface area contributed by atoms with E-state index in [4.69, 9.17) is 4.74 Å². The molecule has 0 bridgehead atoms. The number of likely N-dealkylation sites (tertiary alicyclic amines) is 1. The number of piperidine rings is 1. The lowest BCUT2D eigenvalue weighted by Crippen LogP contribution is -2.47. The van der Waals surface area contributed by atoms with E-state index < -0.39 is 0 Å². The summed E-state index contributed by atoms with van der Waals surface area (Å²) in [6.45, 7) is 5.19. The van der Waals surface area contributed by atoms with Crippen LogP contribution in [0, 0.1) is 11.7 Å². The zero-order valence-electron chi connectivity index (χ0n) is 14.3. The normalized spacial score (nSPS) is 15.4. The fraction of sp³-hybridized carbons (Fsp3) is 0.556. The van der Waals surface area contributed by atoms with E-state index in [0.717, 1.165) is 12.8 Å². The van der Waals surface area contributed by atoms with Crippen LogP contribution in [0.4, 0.5) is 4.39 Å². The number of nitrogens with zero attached hydrogens (tertiary/aromatic N) is 1. The fourth-order valence-corrected chi connectivity index (χ4v) is 2.70. The van der Waals surface area contributed by atoms with E-state index in [1.165, 1.54) is 24.3 Å². The summed E-state index contributed by atoms with van der Waals surface area (Å²) >= 11 is 0. The molecule has 24 heavy (non-hydrogen) atoms. The van der Waals surface area contributed by atoms with Crippen molar-refractivity contribution in [1.82, 2.24) is 10.2 Å². The van der Waals surface area contributed by atoms with Gasteiger partial charge in [-0.1, -0.05) is 13.8 Å². The lowest BCUT2D eigenvalue weighted by molar-refractivity contribution is -0.134. The Morgan fingerprint density at radius 1 is 1.25 bits per heavy atom. The van der Waals surface area contributed by atoms with Gasteiger partial charge in [0.05, 0.1) is 0 Å². The van der Waals surface area contributed by atoms with E-state index in [-0.39, 0.29) is 30.3 Å². The Bertz CT molecular complexity index is 552. The van der Waals surface area contributed by atoms with Crippen LogP contribution in [0.25, 0.3) is 0 Å². The number of hydrogen-bond donors (Lipinski definition) is 1. The molecular weight excluding hydrogens is 311 g/mol. The molecule has 0 saturated carbocycles. The number of halogens is 1. The molecule has 5 nitrogen and oxygen atoms in total. The summed E-state index contributed by atoms with van der Waals surface area (Å²) in [6.07, 6.45) is 2.04. The van der Waals surface area contributed by atoms with Crippen LogP contribution in [0.2, 0.25) is 0 Å². The van der Waals surface area contributed by atoms with Gasteiger partial charge in [0.15, 0.2) is 6.61 Å². The molecule has 1 aromatic carbocycles. The van der Waals surface area contributed by atoms with Crippen molar-refractivity contribution >= 4 is 11.8 Å². The zero-order valence-corrected chi connectivity index (χ0v) is 14.3. The fourth-order valence-electron chi connectivity index (χ4n) is 2.70. The van der Waals surface area contributed by atoms with Gasteiger partial charge in [0.2, 0.25) is 5.91 Å². The van der Waals surface area contributed by atoms with Gasteiger partial charge in [-0.15, -0.1) is 0 Å². The van der Waals surface area contributed by atoms with E-state index >= 15 is 0 Å². The van der Waals surface area contributed by atoms with Gasteiger partial charge in [0.25, 0.3) is 5.91 Å². The van der Waals surface area contributed by atoms with Crippen LogP contribution in [-0.4, -0.2) is 42.5 Å². The first-order valence-electron chi connectivity index (χ1n) is 8.39. The summed E-state index contributed by atoms with van der Waals surface area (Å²) in [7, 11) is 0. The minimum Gasteiger partial charge on any atom is -0.484 e. The Hall–Kier alpha value is -2.11. The SMILES string of the molecule is CC(C)CC(=O)NC1CCN(C(=O)COc2ccc(F)cc2)CC1. The average Bonchev–Trinajstić information content (AvgIpc) is 2.54. The predicted molar refractivity (Wildman–Crippen MR) is 89.1 cm³/mol. The quantitative estimate of drug-likeness (QED) is 0.867. The van der Waals surface area contributed by atoms with Crippen molar-refractivity contribution in [1.29, 1.82) is 0 Å². The highest BCUT2D eigenvalue weighted by Crippen LogP contribution is 2.14. The minimum absolute atomic E-state index is 0.0595. The van der Waals surface area contributed by atoms with E-state index in [2.05, 4.69) is 5.32 Å². The molecule has 6 heteroatoms. The lowest BCUT2D eigenvalue weighted by atomic mass is 10.0. The first-order chi connectivity index (χ1) is 11.4. The molecule has 0 aromatic heterocycles. The molecule has 2 amide bonds. The molecule has 1 fully saturated rings. The first-order valence-corrected chi connectivity index (χ1v) is 8.39. The van der Waals surface area contributed by atoms with Crippen molar-refractivity contribution in [3.63, 3.8) is 0 Å². The Kier molecular flexibility index (Phi) is 6.58. The minimum atomic E-state index is -0.338. The molecule has 1 N–H and O–H groups in total. The summed E-state index contributed by atoms with van der Waals surface area (Å²) in [5, 5.41) is 3.03. The third-order valence-electron chi connectivity index (χ3n) is 3.98. The molecule has 1 heterocycles. The number of benzene rings is 1. The molecule has 1 aliphatic heterocycles. The highest BCUT2D eigenvalue weighted by molar-refractivity contribution is 5.78. The van der Waals surface area contributed by atoms with Crippen LogP contribution in [0.3, 0.4) is 0 Å². The standard InChI is InChI=1S/C18H25FN2O3/c1-13(2)11-17(22)20-15-7-9-21(10-8-15)18(23)12-24-16-5-3-14(19)4-6-16/h3-6,13,15H,7-12H2,1-2H3,(H,20,22). The smallest absolute Gasteiger partial charge is 0.260 e. The Balaban J connectivity index is 1.70. The van der Waals surface area contributed by atoms with Crippen LogP contribution in [0.1, 0.15) is 33.1 Å². The maximum Gasteiger partial charge on any atom is 0.260 e. The van der Waals surface area contributed by atoms with Crippen molar-refractivity contribution < 1.29 is 18.7 Å². The summed E-state index contributed by atoms with van der Waals surface area (Å²) in [5.41, 5.74) is 0. The maximum absolute atomic E-state index is 12.8. The van der Waals surface area contributed by atoms with E-state index in [1.54, 1.807) is 4.90 Å². The van der Waals surface area contributed by atoms with Crippen LogP contribution in [0.15, 0.2) is 24.3 Å². The molecule has 0 unspecified atom stereocenters. The van der Waals surface area contributed by atoms with Gasteiger partial charge in [-0.05, 0) is 43.0 Å². The Morgan fingerprint density at radius 2 is 1.88 bits per heavy atom. The highest BCUT2D eigenvalue weighted by atomic mass is 19.1. The van der Waals surface area contributed by atoms with Crippen LogP contribution >= 0.6 is 0 Å². The van der Waals surface area contributed by atoms with Crippen molar-refractivity contribution in [3.05, 3.63) is 30.1 Å². The van der Waals surface area contributed by atoms with Crippen molar-refractivity contribution in [2.75, 3.05) is 19.7 Å². The van der Waals surface area contributed by atoms with E-state index in [9.17, 15) is 14.0 Å². The van der Waals surface area contributed by atoms with Crippen LogP contribution in [0.5, 0.6) is 5.75 Å². The topological polar surface area (TPSA) is 58.6 Å². The summed E-state index contributed by atoms with van der Waals surface area (Å²) in [5.74, 6) is 0.465. The van der Waals surface area contributed by atoms with Crippen molar-refractivity contribution in [3.8, 4) is 5.75 Å². The number of amides is 2. The Labute approximate surface area is 142 Å². The summed E-state index contributed by atoms with van der Waals surface area (Å²) in [6, 6.07) is 5.73. The number of nitrogens with one attached hydrogen (secondary N) is 1. The number of carbonyl (C=O) groups is 2. The number of carbonyl (C=O) groups excluding carboxylic acids is 2. The second-order valence-electron chi connectivity index (χ2n) is 6.56. The molecule has 0 spiro atoms. The second-order valence-corrected chi connectivity index (χ2v) is 6.56. The number of ether oxygens (including phenoxy) is 1. The van der Waals surface area contributed by atoms with Gasteiger partial charge in [0.1, 0.15) is 11.6 Å². The van der Waals surface area contributed by atoms with Gasteiger partial charge in [-0.25, -0.2) is 4.39 Å². The van der Waals surface area contributed by atoms with Gasteiger partial charge in [0, 0.05) is 25.6 Å². The van der Waals surface area contributed by atoms with Crippen LogP contribution in [-0.2, 0) is 9.59 Å². The molecule has 132 valence electrons. The predicted octanol–water partition coefficient (Wildman–Crippen LogP) is 2.36. The third kappa shape index (κ3) is 5.83. The van der Waals surface area contributed by atoms with Gasteiger partial charge in [-0.2, -0.15) is 0 Å². The largest absolute Gasteiger partial charge is 0.484 e. The van der Waals surface area contributed by atoms with E-state index in [0.29, 0.717) is 31.2 Å². The molecule has 1 aromatic rings. The van der Waals surface area contributed by atoms with Gasteiger partial charge < -0.3 is 15.0 Å². The monoisotopic (exact) mass is 336 g/mol. The first kappa shape index (κ1) is 18.2. The molecular formula is C18H25FN2O3. The van der Waals surface area contributed by atoms with Crippen LogP contribution < -0.4 is 10.1 Å². The second kappa shape index (κ2) is 8.66. The summed E-state index contributed by atoms with van der Waals surface area (Å²) < 4.78 is 18.2. The van der Waals surface area contributed by atoms with Crippen molar-refractivity contribution in [2.24, 2.45) is 5.92 Å². The average molecular weight is 336 g/mol. The number of rotatable bonds is 6. The lowest BCUT2D eigenvalue weighted by Gasteiger charge is -2.32. The molecule has 1 saturated heterocycles.